The van der Waals surface area contributed by atoms with E-state index in [0.717, 1.165) is 24.7 Å². The second-order valence-corrected chi connectivity index (χ2v) is 4.02. The minimum atomic E-state index is -0.00313. The Labute approximate surface area is 83.9 Å². The first-order valence-electron chi connectivity index (χ1n) is 5.00. The maximum absolute atomic E-state index is 4.23. The summed E-state index contributed by atoms with van der Waals surface area (Å²) >= 11 is 0. The zero-order valence-corrected chi connectivity index (χ0v) is 8.96. The molecule has 1 aliphatic rings. The van der Waals surface area contributed by atoms with Crippen LogP contribution in [-0.4, -0.2) is 28.4 Å². The second kappa shape index (κ2) is 3.24. The van der Waals surface area contributed by atoms with E-state index >= 15 is 0 Å². The van der Waals surface area contributed by atoms with Crippen LogP contribution in [0.15, 0.2) is 0 Å². The van der Waals surface area contributed by atoms with E-state index in [1.165, 1.54) is 6.42 Å². The van der Waals surface area contributed by atoms with Crippen LogP contribution in [0.2, 0.25) is 0 Å². The molecule has 1 aromatic heterocycles. The van der Waals surface area contributed by atoms with Crippen LogP contribution in [0.1, 0.15) is 25.6 Å². The number of rotatable bonds is 2. The molecule has 5 nitrogen and oxygen atoms in total. The van der Waals surface area contributed by atoms with E-state index in [1.54, 1.807) is 0 Å². The first-order valence-corrected chi connectivity index (χ1v) is 5.00. The van der Waals surface area contributed by atoms with E-state index in [4.69, 9.17) is 0 Å². The van der Waals surface area contributed by atoms with Gasteiger partial charge in [0.15, 0.2) is 5.82 Å². The minimum Gasteiger partial charge on any atom is -0.357 e. The van der Waals surface area contributed by atoms with Gasteiger partial charge < -0.3 is 10.6 Å². The summed E-state index contributed by atoms with van der Waals surface area (Å²) in [6.45, 7) is 3.25. The molecule has 1 saturated heterocycles. The second-order valence-electron chi connectivity index (χ2n) is 4.02. The highest BCUT2D eigenvalue weighted by molar-refractivity contribution is 5.26. The van der Waals surface area contributed by atoms with Crippen molar-refractivity contribution in [2.24, 2.45) is 7.05 Å². The van der Waals surface area contributed by atoms with Crippen molar-refractivity contribution >= 4 is 5.95 Å². The Kier molecular flexibility index (Phi) is 2.19. The SMILES string of the molecule is CNc1nnc(C2(C)CCCN2)n1C. The number of nitrogens with one attached hydrogen (secondary N) is 2. The predicted molar refractivity (Wildman–Crippen MR) is 55.1 cm³/mol. The Bertz CT molecular complexity index is 324. The Morgan fingerprint density at radius 1 is 1.50 bits per heavy atom. The average Bonchev–Trinajstić information content (AvgIpc) is 2.73. The zero-order valence-electron chi connectivity index (χ0n) is 8.96. The summed E-state index contributed by atoms with van der Waals surface area (Å²) in [5, 5.41) is 14.8. The summed E-state index contributed by atoms with van der Waals surface area (Å²) in [7, 11) is 3.85. The van der Waals surface area contributed by atoms with E-state index in [0.29, 0.717) is 0 Å². The molecule has 14 heavy (non-hydrogen) atoms. The Balaban J connectivity index is 2.35. The molecular weight excluding hydrogens is 178 g/mol. The molecule has 5 heteroatoms. The molecule has 1 aliphatic heterocycles. The van der Waals surface area contributed by atoms with Gasteiger partial charge in [-0.25, -0.2) is 0 Å². The lowest BCUT2D eigenvalue weighted by Crippen LogP contribution is -2.36. The molecule has 0 amide bonds. The van der Waals surface area contributed by atoms with Crippen LogP contribution in [0, 0.1) is 0 Å². The third-order valence-electron chi connectivity index (χ3n) is 2.96. The van der Waals surface area contributed by atoms with Crippen molar-refractivity contribution in [1.29, 1.82) is 0 Å². The fourth-order valence-corrected chi connectivity index (χ4v) is 2.11. The molecule has 0 spiro atoms. The number of hydrogen-bond acceptors (Lipinski definition) is 4. The van der Waals surface area contributed by atoms with Gasteiger partial charge in [-0.05, 0) is 26.3 Å². The van der Waals surface area contributed by atoms with Gasteiger partial charge in [-0.15, -0.1) is 10.2 Å². The van der Waals surface area contributed by atoms with Gasteiger partial charge in [-0.3, -0.25) is 4.57 Å². The fourth-order valence-electron chi connectivity index (χ4n) is 2.11. The van der Waals surface area contributed by atoms with E-state index in [2.05, 4.69) is 27.8 Å². The van der Waals surface area contributed by atoms with Crippen LogP contribution < -0.4 is 10.6 Å². The van der Waals surface area contributed by atoms with Gasteiger partial charge in [0, 0.05) is 14.1 Å². The third kappa shape index (κ3) is 1.28. The van der Waals surface area contributed by atoms with Crippen LogP contribution in [0.5, 0.6) is 0 Å². The van der Waals surface area contributed by atoms with E-state index < -0.39 is 0 Å². The molecule has 2 N–H and O–H groups in total. The summed E-state index contributed by atoms with van der Waals surface area (Å²) in [6.07, 6.45) is 2.33. The third-order valence-corrected chi connectivity index (χ3v) is 2.96. The standard InChI is InChI=1S/C9H17N5/c1-9(5-4-6-11-9)7-12-13-8(10-2)14(7)3/h11H,4-6H2,1-3H3,(H,10,13). The van der Waals surface area contributed by atoms with Gasteiger partial charge >= 0.3 is 0 Å². The lowest BCUT2D eigenvalue weighted by atomic mass is 9.99. The highest BCUT2D eigenvalue weighted by atomic mass is 15.4. The molecule has 0 saturated carbocycles. The van der Waals surface area contributed by atoms with Crippen LogP contribution in [0.3, 0.4) is 0 Å². The number of anilines is 1. The average molecular weight is 195 g/mol. The highest BCUT2D eigenvalue weighted by Gasteiger charge is 2.34. The van der Waals surface area contributed by atoms with Gasteiger partial charge in [-0.1, -0.05) is 0 Å². The topological polar surface area (TPSA) is 54.8 Å². The van der Waals surface area contributed by atoms with Crippen molar-refractivity contribution in [3.8, 4) is 0 Å². The van der Waals surface area contributed by atoms with Gasteiger partial charge in [0.2, 0.25) is 5.95 Å². The largest absolute Gasteiger partial charge is 0.357 e. The molecule has 0 bridgehead atoms. The monoisotopic (exact) mass is 195 g/mol. The summed E-state index contributed by atoms with van der Waals surface area (Å²) in [4.78, 5) is 0. The van der Waals surface area contributed by atoms with E-state index in [-0.39, 0.29) is 5.54 Å². The van der Waals surface area contributed by atoms with Crippen molar-refractivity contribution in [2.75, 3.05) is 18.9 Å². The van der Waals surface area contributed by atoms with Crippen molar-refractivity contribution in [1.82, 2.24) is 20.1 Å². The molecular formula is C9H17N5. The molecule has 1 fully saturated rings. The normalized spacial score (nSPS) is 26.8. The minimum absolute atomic E-state index is 0.00313. The van der Waals surface area contributed by atoms with Gasteiger partial charge in [-0.2, -0.15) is 0 Å². The Hall–Kier alpha value is -1.10. The fraction of sp³-hybridized carbons (Fsp3) is 0.778. The Morgan fingerprint density at radius 3 is 2.79 bits per heavy atom. The molecule has 1 atom stereocenters. The molecule has 0 radical (unpaired) electrons. The number of nitrogens with zero attached hydrogens (tertiary/aromatic N) is 3. The quantitative estimate of drug-likeness (QED) is 0.719. The zero-order chi connectivity index (χ0) is 10.2. The molecule has 1 aromatic rings. The highest BCUT2D eigenvalue weighted by Crippen LogP contribution is 2.29. The van der Waals surface area contributed by atoms with Gasteiger partial charge in [0.25, 0.3) is 0 Å². The van der Waals surface area contributed by atoms with E-state index in [9.17, 15) is 0 Å². The van der Waals surface area contributed by atoms with Crippen LogP contribution in [0.4, 0.5) is 5.95 Å². The maximum Gasteiger partial charge on any atom is 0.224 e. The van der Waals surface area contributed by atoms with Gasteiger partial charge in [0.05, 0.1) is 5.54 Å². The van der Waals surface area contributed by atoms with Crippen molar-refractivity contribution in [3.63, 3.8) is 0 Å². The molecule has 2 heterocycles. The molecule has 0 aliphatic carbocycles. The number of aromatic nitrogens is 3. The Morgan fingerprint density at radius 2 is 2.29 bits per heavy atom. The van der Waals surface area contributed by atoms with Gasteiger partial charge in [0.1, 0.15) is 0 Å². The molecule has 1 unspecified atom stereocenters. The smallest absolute Gasteiger partial charge is 0.224 e. The van der Waals surface area contributed by atoms with Crippen LogP contribution in [0.25, 0.3) is 0 Å². The molecule has 78 valence electrons. The van der Waals surface area contributed by atoms with E-state index in [1.807, 2.05) is 18.7 Å². The predicted octanol–water partition coefficient (Wildman–Crippen LogP) is 0.455. The maximum atomic E-state index is 4.23. The number of hydrogen-bond donors (Lipinski definition) is 2. The molecule has 2 rings (SSSR count). The molecule has 0 aromatic carbocycles. The lowest BCUT2D eigenvalue weighted by Gasteiger charge is -2.22. The van der Waals surface area contributed by atoms with Crippen LogP contribution >= 0.6 is 0 Å². The summed E-state index contributed by atoms with van der Waals surface area (Å²) in [5.41, 5.74) is -0.00313. The van der Waals surface area contributed by atoms with Crippen LogP contribution in [-0.2, 0) is 12.6 Å². The first-order chi connectivity index (χ1) is 6.67. The summed E-state index contributed by atoms with van der Waals surface area (Å²) < 4.78 is 2.01. The summed E-state index contributed by atoms with van der Waals surface area (Å²) in [5.74, 6) is 1.83. The van der Waals surface area contributed by atoms with Crippen molar-refractivity contribution < 1.29 is 0 Å². The van der Waals surface area contributed by atoms with Crippen molar-refractivity contribution in [2.45, 2.75) is 25.3 Å². The first kappa shape index (κ1) is 9.45. The lowest BCUT2D eigenvalue weighted by molar-refractivity contribution is 0.394. The summed E-state index contributed by atoms with van der Waals surface area (Å²) in [6, 6.07) is 0. The van der Waals surface area contributed by atoms with Crippen molar-refractivity contribution in [3.05, 3.63) is 5.82 Å².